The number of rotatable bonds is 2. The van der Waals surface area contributed by atoms with Gasteiger partial charge >= 0.3 is 0 Å². The van der Waals surface area contributed by atoms with Crippen LogP contribution >= 0.6 is 0 Å². The molecule has 2 heteroatoms. The average Bonchev–Trinajstić information content (AvgIpc) is 2.09. The molecule has 82 valence electrons. The minimum absolute atomic E-state index is 0.282. The van der Waals surface area contributed by atoms with Crippen LogP contribution in [0.5, 0.6) is 0 Å². The molecule has 1 aliphatic rings. The van der Waals surface area contributed by atoms with E-state index in [1.807, 2.05) is 0 Å². The van der Waals surface area contributed by atoms with Gasteiger partial charge in [-0.1, -0.05) is 20.4 Å². The van der Waals surface area contributed by atoms with E-state index in [4.69, 9.17) is 0 Å². The van der Waals surface area contributed by atoms with E-state index in [0.29, 0.717) is 5.92 Å². The quantitative estimate of drug-likeness (QED) is 0.668. The van der Waals surface area contributed by atoms with E-state index in [9.17, 15) is 0 Å². The van der Waals surface area contributed by atoms with Crippen LogP contribution in [0.15, 0.2) is 12.3 Å². The number of hydrogen-bond donors (Lipinski definition) is 0. The van der Waals surface area contributed by atoms with E-state index < -0.39 is 0 Å². The standard InChI is InChI=1S/C12H24N2/c1-10(2)12(4,5)14-8-7-13(6)11(3)9-14/h10H,3,7-9H2,1-2,4-6H3. The predicted octanol–water partition coefficient (Wildman–Crippen LogP) is 2.18. The lowest BCUT2D eigenvalue weighted by Gasteiger charge is -2.46. The van der Waals surface area contributed by atoms with Crippen molar-refractivity contribution >= 4 is 0 Å². The van der Waals surface area contributed by atoms with Crippen molar-refractivity contribution in [3.63, 3.8) is 0 Å². The highest BCUT2D eigenvalue weighted by Gasteiger charge is 2.32. The Bertz CT molecular complexity index is 218. The summed E-state index contributed by atoms with van der Waals surface area (Å²) in [7, 11) is 2.13. The van der Waals surface area contributed by atoms with Gasteiger partial charge in [0.25, 0.3) is 0 Å². The summed E-state index contributed by atoms with van der Waals surface area (Å²) in [5.74, 6) is 0.679. The minimum Gasteiger partial charge on any atom is -0.376 e. The van der Waals surface area contributed by atoms with Crippen molar-refractivity contribution in [1.29, 1.82) is 0 Å². The Kier molecular flexibility index (Phi) is 3.25. The van der Waals surface area contributed by atoms with Gasteiger partial charge in [0, 0.05) is 37.9 Å². The Labute approximate surface area is 88.6 Å². The molecule has 2 nitrogen and oxygen atoms in total. The normalized spacial score (nSPS) is 20.7. The fourth-order valence-electron chi connectivity index (χ4n) is 1.71. The van der Waals surface area contributed by atoms with Gasteiger partial charge in [-0.15, -0.1) is 0 Å². The first-order valence-corrected chi connectivity index (χ1v) is 5.49. The van der Waals surface area contributed by atoms with Gasteiger partial charge < -0.3 is 4.90 Å². The Morgan fingerprint density at radius 1 is 1.29 bits per heavy atom. The summed E-state index contributed by atoms with van der Waals surface area (Å²) < 4.78 is 0. The topological polar surface area (TPSA) is 6.48 Å². The maximum Gasteiger partial charge on any atom is 0.0383 e. The zero-order valence-corrected chi connectivity index (χ0v) is 10.3. The van der Waals surface area contributed by atoms with Crippen LogP contribution in [0.2, 0.25) is 0 Å². The Balaban J connectivity index is 2.67. The Morgan fingerprint density at radius 3 is 2.29 bits per heavy atom. The number of likely N-dealkylation sites (N-methyl/N-ethyl adjacent to an activating group) is 1. The molecule has 0 saturated carbocycles. The molecule has 0 aromatic heterocycles. The third-order valence-corrected chi connectivity index (χ3v) is 3.85. The molecule has 0 amide bonds. The Hall–Kier alpha value is -0.500. The van der Waals surface area contributed by atoms with Crippen molar-refractivity contribution in [3.8, 4) is 0 Å². The summed E-state index contributed by atoms with van der Waals surface area (Å²) in [5.41, 5.74) is 1.52. The van der Waals surface area contributed by atoms with Crippen molar-refractivity contribution in [2.24, 2.45) is 5.92 Å². The first-order valence-electron chi connectivity index (χ1n) is 5.49. The first kappa shape index (κ1) is 11.6. The van der Waals surface area contributed by atoms with Gasteiger partial charge in [-0.2, -0.15) is 0 Å². The second-order valence-electron chi connectivity index (χ2n) is 5.22. The fraction of sp³-hybridized carbons (Fsp3) is 0.833. The molecule has 1 rings (SSSR count). The highest BCUT2D eigenvalue weighted by Crippen LogP contribution is 2.26. The smallest absolute Gasteiger partial charge is 0.0383 e. The molecule has 1 saturated heterocycles. The van der Waals surface area contributed by atoms with Crippen LogP contribution in [0, 0.1) is 5.92 Å². The highest BCUT2D eigenvalue weighted by atomic mass is 15.3. The SMILES string of the molecule is C=C1CN(C(C)(C)C(C)C)CCN1C. The monoisotopic (exact) mass is 196 g/mol. The fourth-order valence-corrected chi connectivity index (χ4v) is 1.71. The van der Waals surface area contributed by atoms with Crippen molar-refractivity contribution < 1.29 is 0 Å². The second kappa shape index (κ2) is 3.93. The van der Waals surface area contributed by atoms with E-state index in [-0.39, 0.29) is 5.54 Å². The molecule has 1 aliphatic heterocycles. The molecular weight excluding hydrogens is 172 g/mol. The Morgan fingerprint density at radius 2 is 1.86 bits per heavy atom. The van der Waals surface area contributed by atoms with Gasteiger partial charge in [-0.25, -0.2) is 0 Å². The molecule has 1 heterocycles. The van der Waals surface area contributed by atoms with Crippen LogP contribution in [0.25, 0.3) is 0 Å². The molecule has 0 unspecified atom stereocenters. The van der Waals surface area contributed by atoms with Crippen LogP contribution in [0.4, 0.5) is 0 Å². The molecule has 0 atom stereocenters. The van der Waals surface area contributed by atoms with Gasteiger partial charge in [0.2, 0.25) is 0 Å². The van der Waals surface area contributed by atoms with Gasteiger partial charge in [0.1, 0.15) is 0 Å². The zero-order valence-electron chi connectivity index (χ0n) is 10.3. The van der Waals surface area contributed by atoms with Crippen LogP contribution in [0.3, 0.4) is 0 Å². The lowest BCUT2D eigenvalue weighted by Crippen LogP contribution is -2.54. The average molecular weight is 196 g/mol. The number of hydrogen-bond acceptors (Lipinski definition) is 2. The summed E-state index contributed by atoms with van der Waals surface area (Å²) in [6, 6.07) is 0. The van der Waals surface area contributed by atoms with Crippen LogP contribution in [-0.2, 0) is 0 Å². The second-order valence-corrected chi connectivity index (χ2v) is 5.22. The lowest BCUT2D eigenvalue weighted by atomic mass is 9.88. The molecule has 0 aromatic carbocycles. The van der Waals surface area contributed by atoms with Gasteiger partial charge in [-0.3, -0.25) is 4.90 Å². The largest absolute Gasteiger partial charge is 0.376 e. The molecule has 1 fully saturated rings. The van der Waals surface area contributed by atoms with E-state index in [1.54, 1.807) is 0 Å². The molecule has 14 heavy (non-hydrogen) atoms. The third-order valence-electron chi connectivity index (χ3n) is 3.85. The number of nitrogens with zero attached hydrogens (tertiary/aromatic N) is 2. The van der Waals surface area contributed by atoms with Crippen molar-refractivity contribution in [2.45, 2.75) is 33.2 Å². The summed E-state index contributed by atoms with van der Waals surface area (Å²) in [4.78, 5) is 4.80. The molecule has 0 aromatic rings. The predicted molar refractivity (Wildman–Crippen MR) is 62.3 cm³/mol. The van der Waals surface area contributed by atoms with Crippen LogP contribution < -0.4 is 0 Å². The third kappa shape index (κ3) is 2.11. The molecule has 0 bridgehead atoms. The van der Waals surface area contributed by atoms with Gasteiger partial charge in [0.05, 0.1) is 0 Å². The summed E-state index contributed by atoms with van der Waals surface area (Å²) in [6.45, 7) is 16.6. The summed E-state index contributed by atoms with van der Waals surface area (Å²) >= 11 is 0. The van der Waals surface area contributed by atoms with E-state index in [1.165, 1.54) is 5.70 Å². The van der Waals surface area contributed by atoms with E-state index >= 15 is 0 Å². The van der Waals surface area contributed by atoms with Crippen molar-refractivity contribution in [1.82, 2.24) is 9.80 Å². The lowest BCUT2D eigenvalue weighted by molar-refractivity contribution is 0.0531. The highest BCUT2D eigenvalue weighted by molar-refractivity contribution is 5.03. The maximum absolute atomic E-state index is 4.10. The van der Waals surface area contributed by atoms with Crippen molar-refractivity contribution in [3.05, 3.63) is 12.3 Å². The summed E-state index contributed by atoms with van der Waals surface area (Å²) in [6.07, 6.45) is 0. The molecule has 0 aliphatic carbocycles. The van der Waals surface area contributed by atoms with Gasteiger partial charge in [0.15, 0.2) is 0 Å². The summed E-state index contributed by atoms with van der Waals surface area (Å²) in [5, 5.41) is 0. The molecular formula is C12H24N2. The first-order chi connectivity index (χ1) is 6.35. The number of piperazine rings is 1. The maximum atomic E-state index is 4.10. The van der Waals surface area contributed by atoms with Crippen LogP contribution in [-0.4, -0.2) is 42.0 Å². The molecule has 0 radical (unpaired) electrons. The zero-order chi connectivity index (χ0) is 10.9. The molecule has 0 N–H and O–H groups in total. The van der Waals surface area contributed by atoms with Crippen molar-refractivity contribution in [2.75, 3.05) is 26.7 Å². The van der Waals surface area contributed by atoms with E-state index in [2.05, 4.69) is 51.1 Å². The molecule has 0 spiro atoms. The minimum atomic E-state index is 0.282. The van der Waals surface area contributed by atoms with Gasteiger partial charge in [-0.05, 0) is 19.8 Å². The van der Waals surface area contributed by atoms with Crippen LogP contribution in [0.1, 0.15) is 27.7 Å². The van der Waals surface area contributed by atoms with E-state index in [0.717, 1.165) is 19.6 Å².